The Kier molecular flexibility index (Phi) is 2.33. The Bertz CT molecular complexity index is 154. The highest BCUT2D eigenvalue weighted by molar-refractivity contribution is 5.59. The van der Waals surface area contributed by atoms with E-state index in [0.29, 0.717) is 6.04 Å². The zero-order chi connectivity index (χ0) is 8.48. The Labute approximate surface area is 68.6 Å². The third-order valence-corrected chi connectivity index (χ3v) is 2.68. The molecule has 1 fully saturated rings. The molecule has 0 amide bonds. The minimum Gasteiger partial charge on any atom is -0.303 e. The molecule has 2 nitrogen and oxygen atoms in total. The van der Waals surface area contributed by atoms with Crippen molar-refractivity contribution in [3.63, 3.8) is 0 Å². The van der Waals surface area contributed by atoms with Crippen LogP contribution >= 0.6 is 0 Å². The number of carbonyl (C=O) groups excluding carboxylic acids is 1. The molecule has 1 atom stereocenters. The smallest absolute Gasteiger partial charge is 0.127 e. The van der Waals surface area contributed by atoms with Gasteiger partial charge >= 0.3 is 0 Å². The van der Waals surface area contributed by atoms with Crippen LogP contribution in [-0.4, -0.2) is 30.8 Å². The fourth-order valence-corrected chi connectivity index (χ4v) is 1.93. The summed E-state index contributed by atoms with van der Waals surface area (Å²) in [6.07, 6.45) is 3.49. The molecule has 0 aliphatic carbocycles. The molecule has 0 saturated carbocycles. The van der Waals surface area contributed by atoms with Crippen molar-refractivity contribution in [1.29, 1.82) is 0 Å². The zero-order valence-electron chi connectivity index (χ0n) is 7.63. The summed E-state index contributed by atoms with van der Waals surface area (Å²) >= 11 is 0. The minimum atomic E-state index is -0.161. The van der Waals surface area contributed by atoms with E-state index in [2.05, 4.69) is 11.9 Å². The molecule has 0 aromatic heterocycles. The van der Waals surface area contributed by atoms with E-state index in [-0.39, 0.29) is 5.41 Å². The van der Waals surface area contributed by atoms with E-state index in [9.17, 15) is 4.79 Å². The summed E-state index contributed by atoms with van der Waals surface area (Å²) in [6, 6.07) is 0.458. The van der Waals surface area contributed by atoms with Gasteiger partial charge in [0.15, 0.2) is 0 Å². The summed E-state index contributed by atoms with van der Waals surface area (Å²) < 4.78 is 0. The molecule has 64 valence electrons. The molecule has 0 aromatic carbocycles. The van der Waals surface area contributed by atoms with Gasteiger partial charge in [-0.1, -0.05) is 13.8 Å². The first-order chi connectivity index (χ1) is 5.08. The van der Waals surface area contributed by atoms with Gasteiger partial charge in [-0.25, -0.2) is 0 Å². The second-order valence-corrected chi connectivity index (χ2v) is 4.08. The van der Waals surface area contributed by atoms with Gasteiger partial charge < -0.3 is 9.69 Å². The maximum atomic E-state index is 10.7. The third-order valence-electron chi connectivity index (χ3n) is 2.68. The van der Waals surface area contributed by atoms with E-state index >= 15 is 0 Å². The molecule has 1 heterocycles. The average molecular weight is 155 g/mol. The van der Waals surface area contributed by atoms with Crippen molar-refractivity contribution >= 4 is 6.29 Å². The molecular formula is C9H17NO. The first kappa shape index (κ1) is 8.72. The van der Waals surface area contributed by atoms with Crippen LogP contribution in [0.25, 0.3) is 0 Å². The monoisotopic (exact) mass is 155 g/mol. The molecule has 0 N–H and O–H groups in total. The second kappa shape index (κ2) is 2.94. The van der Waals surface area contributed by atoms with Crippen molar-refractivity contribution in [2.75, 3.05) is 13.6 Å². The molecule has 2 heteroatoms. The van der Waals surface area contributed by atoms with Crippen molar-refractivity contribution in [3.05, 3.63) is 0 Å². The van der Waals surface area contributed by atoms with Crippen LogP contribution in [0.15, 0.2) is 0 Å². The maximum Gasteiger partial charge on any atom is 0.127 e. The summed E-state index contributed by atoms with van der Waals surface area (Å²) in [7, 11) is 2.10. The van der Waals surface area contributed by atoms with Gasteiger partial charge in [0.2, 0.25) is 0 Å². The van der Waals surface area contributed by atoms with E-state index in [1.807, 2.05) is 13.8 Å². The predicted molar refractivity (Wildman–Crippen MR) is 45.5 cm³/mol. The van der Waals surface area contributed by atoms with Gasteiger partial charge in [0.05, 0.1) is 0 Å². The fraction of sp³-hybridized carbons (Fsp3) is 0.889. The van der Waals surface area contributed by atoms with Crippen molar-refractivity contribution in [2.24, 2.45) is 5.41 Å². The molecule has 0 bridgehead atoms. The lowest BCUT2D eigenvalue weighted by Crippen LogP contribution is -2.39. The van der Waals surface area contributed by atoms with Gasteiger partial charge in [-0.05, 0) is 26.4 Å². The summed E-state index contributed by atoms with van der Waals surface area (Å²) in [4.78, 5) is 13.0. The summed E-state index contributed by atoms with van der Waals surface area (Å²) in [5.74, 6) is 0. The van der Waals surface area contributed by atoms with Crippen molar-refractivity contribution in [2.45, 2.75) is 32.7 Å². The van der Waals surface area contributed by atoms with Crippen LogP contribution in [0.2, 0.25) is 0 Å². The molecule has 1 aliphatic heterocycles. The van der Waals surface area contributed by atoms with Crippen LogP contribution in [-0.2, 0) is 4.79 Å². The minimum absolute atomic E-state index is 0.161. The standard InChI is InChI=1S/C9H17NO/c1-9(2,7-11)8-5-4-6-10(8)3/h7-8H,4-6H2,1-3H3. The molecule has 1 saturated heterocycles. The van der Waals surface area contributed by atoms with Crippen LogP contribution in [0, 0.1) is 5.41 Å². The Morgan fingerprint density at radius 3 is 2.55 bits per heavy atom. The van der Waals surface area contributed by atoms with Gasteiger partial charge in [-0.3, -0.25) is 0 Å². The Morgan fingerprint density at radius 1 is 1.55 bits per heavy atom. The van der Waals surface area contributed by atoms with Crippen molar-refractivity contribution < 1.29 is 4.79 Å². The summed E-state index contributed by atoms with van der Waals surface area (Å²) in [5, 5.41) is 0. The lowest BCUT2D eigenvalue weighted by molar-refractivity contribution is -0.117. The van der Waals surface area contributed by atoms with E-state index in [1.54, 1.807) is 0 Å². The first-order valence-corrected chi connectivity index (χ1v) is 4.24. The lowest BCUT2D eigenvalue weighted by Gasteiger charge is -2.31. The average Bonchev–Trinajstić information content (AvgIpc) is 2.36. The number of rotatable bonds is 2. The normalized spacial score (nSPS) is 27.4. The molecule has 11 heavy (non-hydrogen) atoms. The van der Waals surface area contributed by atoms with Crippen LogP contribution in [0.5, 0.6) is 0 Å². The Morgan fingerprint density at radius 2 is 2.18 bits per heavy atom. The predicted octanol–water partition coefficient (Wildman–Crippen LogP) is 1.31. The van der Waals surface area contributed by atoms with Gasteiger partial charge in [-0.15, -0.1) is 0 Å². The van der Waals surface area contributed by atoms with E-state index in [0.717, 1.165) is 12.8 Å². The molecule has 1 aliphatic rings. The van der Waals surface area contributed by atoms with Crippen LogP contribution in [0.4, 0.5) is 0 Å². The summed E-state index contributed by atoms with van der Waals surface area (Å²) in [5.41, 5.74) is -0.161. The van der Waals surface area contributed by atoms with Crippen LogP contribution in [0.3, 0.4) is 0 Å². The van der Waals surface area contributed by atoms with Gasteiger partial charge in [0.25, 0.3) is 0 Å². The molecule has 1 unspecified atom stereocenters. The molecule has 1 rings (SSSR count). The van der Waals surface area contributed by atoms with Crippen molar-refractivity contribution in [3.8, 4) is 0 Å². The Hall–Kier alpha value is -0.370. The van der Waals surface area contributed by atoms with Gasteiger partial charge in [0, 0.05) is 11.5 Å². The Balaban J connectivity index is 2.65. The van der Waals surface area contributed by atoms with E-state index < -0.39 is 0 Å². The topological polar surface area (TPSA) is 20.3 Å². The van der Waals surface area contributed by atoms with Gasteiger partial charge in [-0.2, -0.15) is 0 Å². The summed E-state index contributed by atoms with van der Waals surface area (Å²) in [6.45, 7) is 5.18. The van der Waals surface area contributed by atoms with E-state index in [4.69, 9.17) is 0 Å². The van der Waals surface area contributed by atoms with Crippen LogP contribution < -0.4 is 0 Å². The number of aldehydes is 1. The van der Waals surface area contributed by atoms with E-state index in [1.165, 1.54) is 12.8 Å². The number of hydrogen-bond acceptors (Lipinski definition) is 2. The highest BCUT2D eigenvalue weighted by Crippen LogP contribution is 2.29. The largest absolute Gasteiger partial charge is 0.303 e. The zero-order valence-corrected chi connectivity index (χ0v) is 7.63. The molecular weight excluding hydrogens is 138 g/mol. The first-order valence-electron chi connectivity index (χ1n) is 4.24. The highest BCUT2D eigenvalue weighted by atomic mass is 16.1. The van der Waals surface area contributed by atoms with Crippen LogP contribution in [0.1, 0.15) is 26.7 Å². The number of hydrogen-bond donors (Lipinski definition) is 0. The second-order valence-electron chi connectivity index (χ2n) is 4.08. The number of carbonyl (C=O) groups is 1. The molecule has 0 radical (unpaired) electrons. The molecule has 0 aromatic rings. The van der Waals surface area contributed by atoms with Crippen molar-refractivity contribution in [1.82, 2.24) is 4.90 Å². The lowest BCUT2D eigenvalue weighted by atomic mass is 9.85. The fourth-order valence-electron chi connectivity index (χ4n) is 1.93. The third kappa shape index (κ3) is 1.62. The molecule has 0 spiro atoms. The van der Waals surface area contributed by atoms with Gasteiger partial charge in [0.1, 0.15) is 6.29 Å². The SMILES string of the molecule is CN1CCCC1C(C)(C)C=O. The number of likely N-dealkylation sites (tertiary alicyclic amines) is 1. The maximum absolute atomic E-state index is 10.7. The quantitative estimate of drug-likeness (QED) is 0.560. The number of nitrogens with zero attached hydrogens (tertiary/aromatic N) is 1. The highest BCUT2D eigenvalue weighted by Gasteiger charge is 2.34.